The molecule has 10 heteroatoms. The monoisotopic (exact) mass is 626 g/mol. The van der Waals surface area contributed by atoms with Crippen molar-refractivity contribution in [2.24, 2.45) is 0 Å². The van der Waals surface area contributed by atoms with Crippen LogP contribution in [-0.4, -0.2) is 22.1 Å². The predicted molar refractivity (Wildman–Crippen MR) is 175 cm³/mol. The molecule has 0 aliphatic heterocycles. The normalized spacial score (nSPS) is 10.7. The third-order valence-corrected chi connectivity index (χ3v) is 6.39. The van der Waals surface area contributed by atoms with Crippen LogP contribution in [0.5, 0.6) is 0 Å². The summed E-state index contributed by atoms with van der Waals surface area (Å²) < 4.78 is 36.7. The molecule has 8 nitrogen and oxygen atoms in total. The number of aromatic nitrogens is 2. The van der Waals surface area contributed by atoms with Crippen LogP contribution in [0.2, 0.25) is 0 Å². The Morgan fingerprint density at radius 3 is 1.91 bits per heavy atom. The van der Waals surface area contributed by atoms with Gasteiger partial charge in [0.1, 0.15) is 23.2 Å². The molecule has 246 valence electrons. The topological polar surface area (TPSA) is 110 Å². The number of carbonyl (C=O) groups is 2. The predicted octanol–water partition coefficient (Wildman–Crippen LogP) is 9.03. The van der Waals surface area contributed by atoms with Gasteiger partial charge in [-0.2, -0.15) is 0 Å². The quantitative estimate of drug-likeness (QED) is 0.202. The Labute approximate surface area is 266 Å². The van der Waals surface area contributed by atoms with E-state index in [-0.39, 0.29) is 41.0 Å². The van der Waals surface area contributed by atoms with Gasteiger partial charge in [0.25, 0.3) is 0 Å². The van der Waals surface area contributed by atoms with Gasteiger partial charge in [-0.1, -0.05) is 104 Å². The Kier molecular flexibility index (Phi) is 15.9. The third-order valence-electron chi connectivity index (χ3n) is 6.39. The zero-order valence-corrected chi connectivity index (χ0v) is 28.2. The van der Waals surface area contributed by atoms with Crippen LogP contribution < -0.4 is 10.6 Å². The number of hydrogen-bond acceptors (Lipinski definition) is 6. The van der Waals surface area contributed by atoms with Gasteiger partial charge in [0, 0.05) is 34.7 Å². The minimum absolute atomic E-state index is 0.0544. The second kappa shape index (κ2) is 18.5. The number of carbonyl (C=O) groups excluding carboxylic acids is 2. The van der Waals surface area contributed by atoms with Crippen molar-refractivity contribution in [1.82, 2.24) is 10.3 Å². The maximum absolute atomic E-state index is 13.5. The Morgan fingerprint density at radius 1 is 0.756 bits per heavy atom. The van der Waals surface area contributed by atoms with Crippen LogP contribution in [-0.2, 0) is 33.3 Å². The number of benzene rings is 2. The lowest BCUT2D eigenvalue weighted by atomic mass is 9.87. The van der Waals surface area contributed by atoms with E-state index in [1.54, 1.807) is 6.07 Å². The number of amides is 2. The van der Waals surface area contributed by atoms with Crippen molar-refractivity contribution < 1.29 is 27.4 Å². The summed E-state index contributed by atoms with van der Waals surface area (Å²) in [6.45, 7) is 20.2. The van der Waals surface area contributed by atoms with Gasteiger partial charge in [0.2, 0.25) is 11.8 Å². The third kappa shape index (κ3) is 13.0. The van der Waals surface area contributed by atoms with E-state index < -0.39 is 17.5 Å². The van der Waals surface area contributed by atoms with Crippen molar-refractivity contribution in [2.45, 2.75) is 99.3 Å². The summed E-state index contributed by atoms with van der Waals surface area (Å²) in [6, 6.07) is 16.0. The van der Waals surface area contributed by atoms with Crippen LogP contribution in [0.4, 0.5) is 20.3 Å². The van der Waals surface area contributed by atoms with Crippen molar-refractivity contribution in [3.63, 3.8) is 0 Å². The maximum Gasteiger partial charge on any atom is 0.230 e. The lowest BCUT2D eigenvalue weighted by Crippen LogP contribution is -2.15. The summed E-state index contributed by atoms with van der Waals surface area (Å²) in [5, 5.41) is 13.1. The molecule has 0 unspecified atom stereocenters. The Morgan fingerprint density at radius 2 is 1.36 bits per heavy atom. The minimum atomic E-state index is -0.749. The van der Waals surface area contributed by atoms with E-state index >= 15 is 0 Å². The largest absolute Gasteiger partial charge is 0.361 e. The highest BCUT2D eigenvalue weighted by Crippen LogP contribution is 2.27. The molecule has 0 saturated heterocycles. The zero-order valence-electron chi connectivity index (χ0n) is 28.2. The van der Waals surface area contributed by atoms with Gasteiger partial charge in [0.05, 0.1) is 18.5 Å². The van der Waals surface area contributed by atoms with Crippen LogP contribution in [0.15, 0.2) is 69.7 Å². The number of anilines is 2. The van der Waals surface area contributed by atoms with Crippen molar-refractivity contribution in [3.8, 4) is 0 Å². The molecule has 0 saturated carbocycles. The molecule has 0 aliphatic rings. The van der Waals surface area contributed by atoms with Gasteiger partial charge in [0.15, 0.2) is 5.82 Å². The van der Waals surface area contributed by atoms with Crippen molar-refractivity contribution in [3.05, 3.63) is 95.1 Å². The van der Waals surface area contributed by atoms with Crippen LogP contribution in [0.1, 0.15) is 98.4 Å². The fourth-order valence-electron chi connectivity index (χ4n) is 3.49. The first-order valence-electron chi connectivity index (χ1n) is 15.3. The Balaban J connectivity index is 0.000000406. The summed E-state index contributed by atoms with van der Waals surface area (Å²) in [5.41, 5.74) is 1.29. The van der Waals surface area contributed by atoms with E-state index in [1.807, 2.05) is 84.9 Å². The summed E-state index contributed by atoms with van der Waals surface area (Å²) in [7, 11) is 0. The number of nitrogens with one attached hydrogen (secondary N) is 2. The van der Waals surface area contributed by atoms with Gasteiger partial charge in [-0.25, -0.2) is 8.78 Å². The van der Waals surface area contributed by atoms with Crippen molar-refractivity contribution in [2.75, 3.05) is 10.6 Å². The van der Waals surface area contributed by atoms with Crippen LogP contribution >= 0.6 is 0 Å². The van der Waals surface area contributed by atoms with E-state index in [2.05, 4.69) is 41.7 Å². The molecule has 0 spiro atoms. The standard InChI is InChI=1S/C16H20N2O2.C15H16F2N2O2.2C2H6/c1-4-16(2,3)14-10-13(18-20-14)11-15(19)17-12-8-6-5-7-9-12;1-15(2,3)12-8-13(19-21-12)18-14(20)6-9-4-5-10(16)7-11(9)17;2*1-2/h5-10H,4,11H2,1-3H3,(H,17,19);4-5,7-8H,6H2,1-3H3,(H,18,19,20);2*1-2H3. The average Bonchev–Trinajstić information content (AvgIpc) is 3.68. The lowest BCUT2D eigenvalue weighted by molar-refractivity contribution is -0.116. The van der Waals surface area contributed by atoms with E-state index in [1.165, 1.54) is 6.07 Å². The minimum Gasteiger partial charge on any atom is -0.361 e. The molecule has 2 amide bonds. The number of nitrogens with zero attached hydrogens (tertiary/aromatic N) is 2. The molecule has 0 radical (unpaired) electrons. The highest BCUT2D eigenvalue weighted by atomic mass is 19.1. The Hall–Kier alpha value is -4.34. The molecule has 2 aromatic carbocycles. The summed E-state index contributed by atoms with van der Waals surface area (Å²) in [6.07, 6.45) is 0.972. The van der Waals surface area contributed by atoms with E-state index in [9.17, 15) is 18.4 Å². The van der Waals surface area contributed by atoms with E-state index in [0.717, 1.165) is 30.0 Å². The molecule has 2 heterocycles. The van der Waals surface area contributed by atoms with E-state index in [0.29, 0.717) is 11.5 Å². The molecule has 0 bridgehead atoms. The molecule has 45 heavy (non-hydrogen) atoms. The first-order chi connectivity index (χ1) is 21.3. The lowest BCUT2D eigenvalue weighted by Gasteiger charge is -2.17. The average molecular weight is 627 g/mol. The SMILES string of the molecule is CC.CC.CC(C)(C)c1cc(NC(=O)Cc2ccc(F)cc2F)no1.CCC(C)(C)c1cc(CC(=O)Nc2ccccc2)no1. The number of halogens is 2. The van der Waals surface area contributed by atoms with Gasteiger partial charge >= 0.3 is 0 Å². The van der Waals surface area contributed by atoms with Crippen molar-refractivity contribution >= 4 is 23.3 Å². The highest BCUT2D eigenvalue weighted by Gasteiger charge is 2.24. The first kappa shape index (κ1) is 38.7. The molecule has 4 rings (SSSR count). The number of hydrogen-bond donors (Lipinski definition) is 2. The van der Waals surface area contributed by atoms with Crippen LogP contribution in [0.3, 0.4) is 0 Å². The maximum atomic E-state index is 13.5. The fourth-order valence-corrected chi connectivity index (χ4v) is 3.49. The second-order valence-electron chi connectivity index (χ2n) is 11.3. The molecule has 4 aromatic rings. The van der Waals surface area contributed by atoms with Gasteiger partial charge in [-0.05, 0) is 30.2 Å². The molecule has 0 atom stereocenters. The molecular formula is C35H48F2N4O4. The van der Waals surface area contributed by atoms with E-state index in [4.69, 9.17) is 9.05 Å². The number of para-hydroxylation sites is 1. The van der Waals surface area contributed by atoms with Crippen molar-refractivity contribution in [1.29, 1.82) is 0 Å². The smallest absolute Gasteiger partial charge is 0.230 e. The second-order valence-corrected chi connectivity index (χ2v) is 11.3. The highest BCUT2D eigenvalue weighted by molar-refractivity contribution is 5.92. The Bertz CT molecular complexity index is 1460. The molecule has 2 aromatic heterocycles. The van der Waals surface area contributed by atoms with Gasteiger partial charge < -0.3 is 19.7 Å². The molecule has 0 fully saturated rings. The summed E-state index contributed by atoms with van der Waals surface area (Å²) >= 11 is 0. The fraction of sp³-hybridized carbons (Fsp3) is 0.429. The molecule has 0 aliphatic carbocycles. The van der Waals surface area contributed by atoms with Gasteiger partial charge in [-0.15, -0.1) is 0 Å². The zero-order chi connectivity index (χ0) is 34.2. The summed E-state index contributed by atoms with van der Waals surface area (Å²) in [5.74, 6) is -0.246. The van der Waals surface area contributed by atoms with Gasteiger partial charge in [-0.3, -0.25) is 9.59 Å². The molecule has 2 N–H and O–H groups in total. The van der Waals surface area contributed by atoms with Crippen LogP contribution in [0, 0.1) is 11.6 Å². The summed E-state index contributed by atoms with van der Waals surface area (Å²) in [4.78, 5) is 23.7. The molecular weight excluding hydrogens is 578 g/mol. The van der Waals surface area contributed by atoms with Crippen LogP contribution in [0.25, 0.3) is 0 Å². The number of rotatable bonds is 8. The first-order valence-corrected chi connectivity index (χ1v) is 15.3.